The minimum atomic E-state index is -3.96. The number of piperidine rings is 1. The summed E-state index contributed by atoms with van der Waals surface area (Å²) in [6.07, 6.45) is 1.79. The van der Waals surface area contributed by atoms with E-state index in [0.29, 0.717) is 18.5 Å². The van der Waals surface area contributed by atoms with Crippen LogP contribution in [0.1, 0.15) is 24.8 Å². The van der Waals surface area contributed by atoms with Crippen LogP contribution >= 0.6 is 0 Å². The molecule has 0 aliphatic carbocycles. The summed E-state index contributed by atoms with van der Waals surface area (Å²) in [5.74, 6) is -0.674. The Morgan fingerprint density at radius 2 is 2.10 bits per heavy atom. The molecule has 1 fully saturated rings. The number of amides is 1. The number of sulfonamides is 1. The maximum Gasteiger partial charge on any atom is 0.245 e. The van der Waals surface area contributed by atoms with Crippen molar-refractivity contribution in [3.63, 3.8) is 0 Å². The number of nitrogens with two attached hydrogens (primary N) is 2. The van der Waals surface area contributed by atoms with Crippen LogP contribution in [-0.4, -0.2) is 31.2 Å². The van der Waals surface area contributed by atoms with Crippen LogP contribution in [0.3, 0.4) is 0 Å². The number of hydrogen-bond donors (Lipinski definition) is 2. The predicted octanol–water partition coefficient (Wildman–Crippen LogP) is 0.169. The summed E-state index contributed by atoms with van der Waals surface area (Å²) in [5.41, 5.74) is 11.1. The first-order valence-corrected chi connectivity index (χ1v) is 7.92. The van der Waals surface area contributed by atoms with Gasteiger partial charge < -0.3 is 11.5 Å². The van der Waals surface area contributed by atoms with Crippen LogP contribution in [0, 0.1) is 11.3 Å². The molecule has 4 N–H and O–H groups in total. The molecule has 1 amide bonds. The lowest BCUT2D eigenvalue weighted by Crippen LogP contribution is -2.50. The SMILES string of the molecule is N#Cc1cc(N)ccc1S(=O)(=O)N1CCCCC1C(N)=O. The maximum atomic E-state index is 12.7. The molecule has 0 spiro atoms. The quantitative estimate of drug-likeness (QED) is 0.768. The maximum absolute atomic E-state index is 12.7. The lowest BCUT2D eigenvalue weighted by Gasteiger charge is -2.32. The monoisotopic (exact) mass is 308 g/mol. The van der Waals surface area contributed by atoms with Gasteiger partial charge in [-0.05, 0) is 31.0 Å². The average molecular weight is 308 g/mol. The Labute approximate surface area is 123 Å². The van der Waals surface area contributed by atoms with Crippen molar-refractivity contribution in [2.45, 2.75) is 30.2 Å². The molecule has 1 saturated heterocycles. The van der Waals surface area contributed by atoms with Gasteiger partial charge in [-0.1, -0.05) is 6.42 Å². The normalized spacial score (nSPS) is 19.9. The molecule has 1 aliphatic heterocycles. The fraction of sp³-hybridized carbons (Fsp3) is 0.385. The summed E-state index contributed by atoms with van der Waals surface area (Å²) in [6.45, 7) is 0.213. The van der Waals surface area contributed by atoms with Crippen LogP contribution in [0.4, 0.5) is 5.69 Å². The van der Waals surface area contributed by atoms with Gasteiger partial charge in [0.15, 0.2) is 0 Å². The van der Waals surface area contributed by atoms with Crippen LogP contribution in [0.25, 0.3) is 0 Å². The van der Waals surface area contributed by atoms with E-state index in [1.807, 2.05) is 6.07 Å². The molecular formula is C13H16N4O3S. The van der Waals surface area contributed by atoms with Gasteiger partial charge in [0.25, 0.3) is 0 Å². The standard InChI is InChI=1S/C13H16N4O3S/c14-8-9-7-10(15)4-5-12(9)21(19,20)17-6-2-1-3-11(17)13(16)18/h4-5,7,11H,1-3,6,15H2,(H2,16,18). The number of carbonyl (C=O) groups is 1. The molecule has 1 aliphatic rings. The first-order valence-electron chi connectivity index (χ1n) is 6.48. The largest absolute Gasteiger partial charge is 0.399 e. The Kier molecular flexibility index (Phi) is 4.16. The molecule has 7 nitrogen and oxygen atoms in total. The molecule has 1 atom stereocenters. The predicted molar refractivity (Wildman–Crippen MR) is 76.3 cm³/mol. The minimum absolute atomic E-state index is 0.0382. The third-order valence-electron chi connectivity index (χ3n) is 3.49. The molecule has 8 heteroatoms. The van der Waals surface area contributed by atoms with Gasteiger partial charge in [-0.25, -0.2) is 8.42 Å². The van der Waals surface area contributed by atoms with E-state index in [-0.39, 0.29) is 17.0 Å². The highest BCUT2D eigenvalue weighted by atomic mass is 32.2. The summed E-state index contributed by atoms with van der Waals surface area (Å²) in [7, 11) is -3.96. The zero-order valence-corrected chi connectivity index (χ0v) is 12.1. The summed E-state index contributed by atoms with van der Waals surface area (Å²) >= 11 is 0. The van der Waals surface area contributed by atoms with Gasteiger partial charge in [-0.15, -0.1) is 0 Å². The number of hydrogen-bond acceptors (Lipinski definition) is 5. The van der Waals surface area contributed by atoms with Crippen molar-refractivity contribution in [3.8, 4) is 6.07 Å². The zero-order chi connectivity index (χ0) is 15.6. The Hall–Kier alpha value is -2.11. The van der Waals surface area contributed by atoms with Crippen LogP contribution in [0.5, 0.6) is 0 Å². The van der Waals surface area contributed by atoms with Gasteiger partial charge in [0, 0.05) is 12.2 Å². The van der Waals surface area contributed by atoms with Crippen LogP contribution in [-0.2, 0) is 14.8 Å². The van der Waals surface area contributed by atoms with Gasteiger partial charge in [-0.3, -0.25) is 4.79 Å². The molecule has 0 bridgehead atoms. The van der Waals surface area contributed by atoms with Crippen LogP contribution < -0.4 is 11.5 Å². The molecule has 112 valence electrons. The van der Waals surface area contributed by atoms with Gasteiger partial charge in [-0.2, -0.15) is 9.57 Å². The van der Waals surface area contributed by atoms with Gasteiger partial charge in [0.05, 0.1) is 5.56 Å². The molecule has 0 saturated carbocycles. The van der Waals surface area contributed by atoms with Crippen molar-refractivity contribution >= 4 is 21.6 Å². The van der Waals surface area contributed by atoms with E-state index in [9.17, 15) is 13.2 Å². The van der Waals surface area contributed by atoms with E-state index in [1.165, 1.54) is 18.2 Å². The molecule has 21 heavy (non-hydrogen) atoms. The Morgan fingerprint density at radius 3 is 2.71 bits per heavy atom. The Morgan fingerprint density at radius 1 is 1.38 bits per heavy atom. The summed E-state index contributed by atoms with van der Waals surface area (Å²) in [5, 5.41) is 9.10. The molecule has 1 aromatic carbocycles. The average Bonchev–Trinajstić information content (AvgIpc) is 2.46. The molecular weight excluding hydrogens is 292 g/mol. The second-order valence-electron chi connectivity index (χ2n) is 4.90. The van der Waals surface area contributed by atoms with Crippen LogP contribution in [0.2, 0.25) is 0 Å². The lowest BCUT2D eigenvalue weighted by atomic mass is 10.0. The highest BCUT2D eigenvalue weighted by Gasteiger charge is 2.37. The summed E-state index contributed by atoms with van der Waals surface area (Å²) < 4.78 is 26.5. The fourth-order valence-electron chi connectivity index (χ4n) is 2.46. The number of benzene rings is 1. The van der Waals surface area contributed by atoms with Crippen molar-refractivity contribution in [3.05, 3.63) is 23.8 Å². The minimum Gasteiger partial charge on any atom is -0.399 e. The Balaban J connectivity index is 2.51. The number of anilines is 1. The molecule has 0 aromatic heterocycles. The zero-order valence-electron chi connectivity index (χ0n) is 11.3. The van der Waals surface area contributed by atoms with Gasteiger partial charge in [0.1, 0.15) is 17.0 Å². The number of primary amides is 1. The highest BCUT2D eigenvalue weighted by molar-refractivity contribution is 7.89. The van der Waals surface area contributed by atoms with Crippen molar-refractivity contribution < 1.29 is 13.2 Å². The third-order valence-corrected chi connectivity index (χ3v) is 5.46. The van der Waals surface area contributed by atoms with E-state index in [4.69, 9.17) is 16.7 Å². The summed E-state index contributed by atoms with van der Waals surface area (Å²) in [4.78, 5) is 11.3. The number of nitrogens with zero attached hydrogens (tertiary/aromatic N) is 2. The molecule has 0 radical (unpaired) electrons. The van der Waals surface area contributed by atoms with Crippen LogP contribution in [0.15, 0.2) is 23.1 Å². The molecule has 1 unspecified atom stereocenters. The topological polar surface area (TPSA) is 130 Å². The third kappa shape index (κ3) is 2.84. The molecule has 2 rings (SSSR count). The van der Waals surface area contributed by atoms with E-state index in [0.717, 1.165) is 10.7 Å². The number of nitriles is 1. The van der Waals surface area contributed by atoms with Crippen molar-refractivity contribution in [2.75, 3.05) is 12.3 Å². The number of carbonyl (C=O) groups excluding carboxylic acids is 1. The van der Waals surface area contributed by atoms with E-state index in [1.54, 1.807) is 0 Å². The lowest BCUT2D eigenvalue weighted by molar-refractivity contribution is -0.122. The van der Waals surface area contributed by atoms with Gasteiger partial charge >= 0.3 is 0 Å². The second kappa shape index (κ2) is 5.71. The van der Waals surface area contributed by atoms with Gasteiger partial charge in [0.2, 0.25) is 15.9 Å². The summed E-state index contributed by atoms with van der Waals surface area (Å²) in [6, 6.07) is 4.96. The second-order valence-corrected chi connectivity index (χ2v) is 6.76. The molecule has 1 aromatic rings. The van der Waals surface area contributed by atoms with E-state index < -0.39 is 22.0 Å². The van der Waals surface area contributed by atoms with E-state index in [2.05, 4.69) is 0 Å². The first-order chi connectivity index (χ1) is 9.87. The smallest absolute Gasteiger partial charge is 0.245 e. The fourth-order valence-corrected chi connectivity index (χ4v) is 4.25. The first kappa shape index (κ1) is 15.3. The van der Waals surface area contributed by atoms with E-state index >= 15 is 0 Å². The Bertz CT molecular complexity index is 709. The van der Waals surface area contributed by atoms with Crippen molar-refractivity contribution in [1.82, 2.24) is 4.31 Å². The number of nitrogen functional groups attached to an aromatic ring is 1. The van der Waals surface area contributed by atoms with Crippen molar-refractivity contribution in [1.29, 1.82) is 5.26 Å². The molecule has 1 heterocycles. The number of rotatable bonds is 3. The highest BCUT2D eigenvalue weighted by Crippen LogP contribution is 2.28. The van der Waals surface area contributed by atoms with Crippen molar-refractivity contribution in [2.24, 2.45) is 5.73 Å².